The van der Waals surface area contributed by atoms with E-state index in [4.69, 9.17) is 4.74 Å². The molecule has 8 atom stereocenters. The quantitative estimate of drug-likeness (QED) is 0.743. The second kappa shape index (κ2) is 4.64. The SMILES string of the molecule is CC(=O)[C@@]12OC1CC1C3CCC4=CC(=O)CCC4(C)C3C(O)CC12C. The summed E-state index contributed by atoms with van der Waals surface area (Å²) in [5, 5.41) is 11.2. The van der Waals surface area contributed by atoms with E-state index < -0.39 is 11.7 Å². The summed E-state index contributed by atoms with van der Waals surface area (Å²) in [6.45, 7) is 6.10. The van der Waals surface area contributed by atoms with E-state index in [2.05, 4.69) is 13.8 Å². The molecule has 0 aromatic carbocycles. The second-order valence-corrected chi connectivity index (χ2v) is 9.71. The third kappa shape index (κ3) is 1.71. The van der Waals surface area contributed by atoms with Gasteiger partial charge in [0.1, 0.15) is 0 Å². The van der Waals surface area contributed by atoms with Crippen molar-refractivity contribution in [1.29, 1.82) is 0 Å². The molecule has 0 amide bonds. The first-order chi connectivity index (χ1) is 11.7. The number of ketones is 2. The topological polar surface area (TPSA) is 66.9 Å². The summed E-state index contributed by atoms with van der Waals surface area (Å²) in [5.41, 5.74) is 0.317. The molecule has 4 fully saturated rings. The van der Waals surface area contributed by atoms with Crippen molar-refractivity contribution in [1.82, 2.24) is 0 Å². The van der Waals surface area contributed by atoms with Crippen LogP contribution >= 0.6 is 0 Å². The highest BCUT2D eigenvalue weighted by molar-refractivity contribution is 5.92. The molecule has 4 heteroatoms. The van der Waals surface area contributed by atoms with Gasteiger partial charge in [-0.2, -0.15) is 0 Å². The first-order valence-electron chi connectivity index (χ1n) is 9.85. The Labute approximate surface area is 149 Å². The minimum atomic E-state index is -0.636. The molecule has 3 saturated carbocycles. The number of aliphatic hydroxyl groups is 1. The normalized spacial score (nSPS) is 56.2. The summed E-state index contributed by atoms with van der Waals surface area (Å²) < 4.78 is 5.93. The average Bonchev–Trinajstić information content (AvgIpc) is 3.22. The van der Waals surface area contributed by atoms with Crippen molar-refractivity contribution in [2.45, 2.75) is 77.1 Å². The van der Waals surface area contributed by atoms with Crippen LogP contribution in [0.3, 0.4) is 0 Å². The maximum absolute atomic E-state index is 12.4. The number of epoxide rings is 1. The zero-order valence-corrected chi connectivity index (χ0v) is 15.4. The molecule has 1 N–H and O–H groups in total. The van der Waals surface area contributed by atoms with Gasteiger partial charge in [-0.05, 0) is 68.3 Å². The first kappa shape index (κ1) is 16.2. The van der Waals surface area contributed by atoms with Crippen molar-refractivity contribution >= 4 is 11.6 Å². The van der Waals surface area contributed by atoms with Crippen LogP contribution in [0.4, 0.5) is 0 Å². The second-order valence-electron chi connectivity index (χ2n) is 9.71. The van der Waals surface area contributed by atoms with Gasteiger partial charge in [0.2, 0.25) is 0 Å². The lowest BCUT2D eigenvalue weighted by Crippen LogP contribution is -2.59. The molecule has 0 aromatic heterocycles. The Morgan fingerprint density at radius 2 is 2.08 bits per heavy atom. The van der Waals surface area contributed by atoms with Crippen molar-refractivity contribution in [3.05, 3.63) is 11.6 Å². The van der Waals surface area contributed by atoms with Gasteiger partial charge in [0.05, 0.1) is 12.2 Å². The summed E-state index contributed by atoms with van der Waals surface area (Å²) >= 11 is 0. The Hall–Kier alpha value is -1.00. The van der Waals surface area contributed by atoms with Crippen LogP contribution in [0.1, 0.15) is 59.3 Å². The molecular weight excluding hydrogens is 316 g/mol. The molecule has 4 nitrogen and oxygen atoms in total. The maximum Gasteiger partial charge on any atom is 0.164 e. The number of fused-ring (bicyclic) bond motifs is 7. The lowest BCUT2D eigenvalue weighted by Gasteiger charge is -2.60. The van der Waals surface area contributed by atoms with Crippen molar-refractivity contribution in [2.24, 2.45) is 28.6 Å². The molecule has 136 valence electrons. The zero-order valence-electron chi connectivity index (χ0n) is 15.4. The van der Waals surface area contributed by atoms with E-state index in [1.165, 1.54) is 5.57 Å². The van der Waals surface area contributed by atoms with Gasteiger partial charge in [0.25, 0.3) is 0 Å². The minimum absolute atomic E-state index is 0.0589. The molecule has 7 unspecified atom stereocenters. The van der Waals surface area contributed by atoms with Crippen LogP contribution in [0.2, 0.25) is 0 Å². The Bertz CT molecular complexity index is 711. The van der Waals surface area contributed by atoms with Crippen LogP contribution in [0.15, 0.2) is 11.6 Å². The fourth-order valence-electron chi connectivity index (χ4n) is 7.75. The number of aliphatic hydroxyl groups excluding tert-OH is 1. The van der Waals surface area contributed by atoms with Crippen molar-refractivity contribution < 1.29 is 19.4 Å². The predicted molar refractivity (Wildman–Crippen MR) is 91.8 cm³/mol. The van der Waals surface area contributed by atoms with Gasteiger partial charge in [-0.3, -0.25) is 9.59 Å². The zero-order chi connectivity index (χ0) is 17.8. The molecule has 0 radical (unpaired) electrons. The van der Waals surface area contributed by atoms with Gasteiger partial charge in [0.15, 0.2) is 17.2 Å². The molecule has 4 aliphatic carbocycles. The molecule has 0 spiro atoms. The van der Waals surface area contributed by atoms with Gasteiger partial charge in [-0.1, -0.05) is 19.4 Å². The molecular formula is C21H28O4. The van der Waals surface area contributed by atoms with E-state index in [-0.39, 0.29) is 34.4 Å². The number of Topliss-reactive ketones (excluding diaryl/α,β-unsaturated/α-hetero) is 1. The van der Waals surface area contributed by atoms with Gasteiger partial charge >= 0.3 is 0 Å². The maximum atomic E-state index is 12.4. The highest BCUT2D eigenvalue weighted by atomic mass is 16.6. The van der Waals surface area contributed by atoms with E-state index in [9.17, 15) is 14.7 Å². The highest BCUT2D eigenvalue weighted by Gasteiger charge is 2.80. The van der Waals surface area contributed by atoms with Gasteiger partial charge in [-0.25, -0.2) is 0 Å². The number of allylic oxidation sites excluding steroid dienone is 1. The van der Waals surface area contributed by atoms with Crippen molar-refractivity contribution in [3.8, 4) is 0 Å². The van der Waals surface area contributed by atoms with E-state index >= 15 is 0 Å². The average molecular weight is 344 g/mol. The Balaban J connectivity index is 1.56. The molecule has 0 bridgehead atoms. The summed E-state index contributed by atoms with van der Waals surface area (Å²) in [6.07, 6.45) is 6.54. The van der Waals surface area contributed by atoms with Gasteiger partial charge in [-0.15, -0.1) is 0 Å². The highest BCUT2D eigenvalue weighted by Crippen LogP contribution is 2.73. The lowest BCUT2D eigenvalue weighted by molar-refractivity contribution is -0.158. The minimum Gasteiger partial charge on any atom is -0.393 e. The smallest absolute Gasteiger partial charge is 0.164 e. The van der Waals surface area contributed by atoms with E-state index in [0.29, 0.717) is 24.7 Å². The summed E-state index contributed by atoms with van der Waals surface area (Å²) in [5.74, 6) is 1.46. The van der Waals surface area contributed by atoms with Gasteiger partial charge < -0.3 is 9.84 Å². The standard InChI is InChI=1S/C21H28O4/c1-11(22)21-17(25-21)9-15-14-5-4-12-8-13(23)6-7-19(12,2)18(14)16(24)10-20(15,21)3/h8,14-18,24H,4-7,9-10H2,1-3H3/t14?,15?,16?,17?,18?,19?,20?,21-/m1/s1. The van der Waals surface area contributed by atoms with Gasteiger partial charge in [0, 0.05) is 11.8 Å². The third-order valence-electron chi connectivity index (χ3n) is 8.85. The number of carbonyl (C=O) groups excluding carboxylic acids is 2. The molecule has 1 heterocycles. The van der Waals surface area contributed by atoms with Crippen LogP contribution in [-0.4, -0.2) is 34.5 Å². The summed E-state index contributed by atoms with van der Waals surface area (Å²) in [7, 11) is 0. The van der Waals surface area contributed by atoms with Crippen LogP contribution in [0.5, 0.6) is 0 Å². The monoisotopic (exact) mass is 344 g/mol. The predicted octanol–water partition coefficient (Wildman–Crippen LogP) is 2.83. The third-order valence-corrected chi connectivity index (χ3v) is 8.85. The molecule has 1 aliphatic heterocycles. The summed E-state index contributed by atoms with van der Waals surface area (Å²) in [4.78, 5) is 24.3. The Kier molecular flexibility index (Phi) is 3.00. The van der Waals surface area contributed by atoms with E-state index in [0.717, 1.165) is 25.7 Å². The number of rotatable bonds is 1. The molecule has 0 aromatic rings. The fourth-order valence-corrected chi connectivity index (χ4v) is 7.75. The number of hydrogen-bond acceptors (Lipinski definition) is 4. The molecule has 5 rings (SSSR count). The fraction of sp³-hybridized carbons (Fsp3) is 0.810. The van der Waals surface area contributed by atoms with Crippen molar-refractivity contribution in [2.75, 3.05) is 0 Å². The number of ether oxygens (including phenoxy) is 1. The Morgan fingerprint density at radius 3 is 2.80 bits per heavy atom. The lowest BCUT2D eigenvalue weighted by atomic mass is 9.45. The van der Waals surface area contributed by atoms with Crippen LogP contribution in [0.25, 0.3) is 0 Å². The van der Waals surface area contributed by atoms with Crippen LogP contribution in [-0.2, 0) is 14.3 Å². The molecule has 5 aliphatic rings. The van der Waals surface area contributed by atoms with Crippen LogP contribution < -0.4 is 0 Å². The van der Waals surface area contributed by atoms with E-state index in [1.807, 2.05) is 6.08 Å². The Morgan fingerprint density at radius 1 is 1.32 bits per heavy atom. The largest absolute Gasteiger partial charge is 0.393 e. The first-order valence-corrected chi connectivity index (χ1v) is 9.85. The summed E-state index contributed by atoms with van der Waals surface area (Å²) in [6, 6.07) is 0. The number of hydrogen-bond donors (Lipinski definition) is 1. The van der Waals surface area contributed by atoms with E-state index in [1.54, 1.807) is 6.92 Å². The van der Waals surface area contributed by atoms with Crippen molar-refractivity contribution in [3.63, 3.8) is 0 Å². The molecule has 1 saturated heterocycles. The number of carbonyl (C=O) groups is 2. The van der Waals surface area contributed by atoms with Crippen LogP contribution in [0, 0.1) is 28.6 Å². The molecule has 25 heavy (non-hydrogen) atoms.